The number of likely N-dealkylation sites (tertiary alicyclic amines) is 1. The molecule has 0 saturated carbocycles. The normalized spacial score (nSPS) is 17.3. The second-order valence-electron chi connectivity index (χ2n) is 12.2. The number of nitrogens with one attached hydrogen (secondary N) is 2. The van der Waals surface area contributed by atoms with E-state index in [0.717, 1.165) is 68.6 Å². The summed E-state index contributed by atoms with van der Waals surface area (Å²) in [5, 5.41) is 6.66. The minimum absolute atomic E-state index is 0.103. The van der Waals surface area contributed by atoms with Gasteiger partial charge in [-0.05, 0) is 55.2 Å². The molecule has 1 spiro atoms. The number of carbonyl (C=O) groups excluding carboxylic acids is 2. The number of pyridine rings is 1. The molecular weight excluding hydrogens is 576 g/mol. The van der Waals surface area contributed by atoms with Gasteiger partial charge in [0, 0.05) is 54.3 Å². The third kappa shape index (κ3) is 7.26. The van der Waals surface area contributed by atoms with Crippen LogP contribution >= 0.6 is 0 Å². The van der Waals surface area contributed by atoms with Crippen LogP contribution in [0.25, 0.3) is 10.9 Å². The Kier molecular flexibility index (Phi) is 9.56. The number of benzene rings is 2. The molecule has 3 aliphatic heterocycles. The summed E-state index contributed by atoms with van der Waals surface area (Å²) in [6, 6.07) is 10.9. The summed E-state index contributed by atoms with van der Waals surface area (Å²) >= 11 is 0. The highest BCUT2D eigenvalue weighted by Crippen LogP contribution is 2.39. The number of nitrogens with zero attached hydrogens (tertiary/aromatic N) is 2. The summed E-state index contributed by atoms with van der Waals surface area (Å²) in [5.41, 5.74) is 2.71. The number of urea groups is 1. The van der Waals surface area contributed by atoms with Crippen molar-refractivity contribution in [2.45, 2.75) is 39.0 Å². The molecule has 1 aromatic heterocycles. The first-order valence-corrected chi connectivity index (χ1v) is 15.8. The highest BCUT2D eigenvalue weighted by atomic mass is 16.5. The van der Waals surface area contributed by atoms with Gasteiger partial charge in [-0.15, -0.1) is 0 Å². The van der Waals surface area contributed by atoms with Gasteiger partial charge in [0.05, 0.1) is 52.1 Å². The third-order valence-corrected chi connectivity index (χ3v) is 8.88. The Morgan fingerprint density at radius 2 is 1.87 bits per heavy atom. The third-order valence-electron chi connectivity index (χ3n) is 8.88. The first kappa shape index (κ1) is 30.9. The van der Waals surface area contributed by atoms with Crippen LogP contribution in [0.15, 0.2) is 42.6 Å². The van der Waals surface area contributed by atoms with Crippen LogP contribution in [0.3, 0.4) is 0 Å². The summed E-state index contributed by atoms with van der Waals surface area (Å²) in [6.07, 6.45) is 5.69. The Hall–Kier alpha value is -4.09. The number of hydrogen-bond donors (Lipinski definition) is 2. The number of rotatable bonds is 12. The fourth-order valence-electron chi connectivity index (χ4n) is 5.97. The van der Waals surface area contributed by atoms with Crippen molar-refractivity contribution in [1.82, 2.24) is 15.2 Å². The molecule has 240 valence electrons. The lowest BCUT2D eigenvalue weighted by molar-refractivity contribution is -0.153. The number of piperidine rings is 1. The molecule has 3 fully saturated rings. The molecule has 0 unspecified atom stereocenters. The second kappa shape index (κ2) is 13.9. The van der Waals surface area contributed by atoms with Crippen LogP contribution in [0.1, 0.15) is 38.2 Å². The van der Waals surface area contributed by atoms with E-state index in [4.69, 9.17) is 23.7 Å². The molecule has 11 heteroatoms. The van der Waals surface area contributed by atoms with E-state index in [0.29, 0.717) is 66.0 Å². The average Bonchev–Trinajstić information content (AvgIpc) is 3.00. The Bertz CT molecular complexity index is 1510. The van der Waals surface area contributed by atoms with Crippen LogP contribution in [0, 0.1) is 11.3 Å². The molecule has 0 radical (unpaired) electrons. The minimum atomic E-state index is -0.230. The lowest BCUT2D eigenvalue weighted by atomic mass is 9.77. The van der Waals surface area contributed by atoms with Gasteiger partial charge >= 0.3 is 6.03 Å². The molecule has 2 aromatic carbocycles. The number of methoxy groups -OCH3 is 1. The van der Waals surface area contributed by atoms with Gasteiger partial charge in [0.2, 0.25) is 5.91 Å². The summed E-state index contributed by atoms with van der Waals surface area (Å²) in [4.78, 5) is 31.8. The van der Waals surface area contributed by atoms with Gasteiger partial charge in [-0.1, -0.05) is 13.3 Å². The van der Waals surface area contributed by atoms with Gasteiger partial charge < -0.3 is 39.2 Å². The van der Waals surface area contributed by atoms with E-state index in [9.17, 15) is 9.59 Å². The van der Waals surface area contributed by atoms with Crippen molar-refractivity contribution in [1.29, 1.82) is 0 Å². The van der Waals surface area contributed by atoms with Gasteiger partial charge in [0.25, 0.3) is 0 Å². The number of carbonyl (C=O) groups is 2. The standard InChI is InChI=1S/C34H42N4O7/c1-3-4-24-15-25(5-6-27(24)37-33(40)36-18-23-19-42-20-23)45-29-7-11-35-28-17-31(30(41-2)16-26(28)29)44-14-8-32(39)38-12-9-34(10-13-38)21-43-22-34/h5-7,11,15-17,23H,3-4,8-10,12-14,18-22H2,1-2H3,(H2,36,37,40). The molecule has 3 aromatic rings. The maximum absolute atomic E-state index is 12.8. The molecule has 11 nitrogen and oxygen atoms in total. The second-order valence-corrected chi connectivity index (χ2v) is 12.2. The first-order chi connectivity index (χ1) is 21.9. The number of aromatic nitrogens is 1. The summed E-state index contributed by atoms with van der Waals surface area (Å²) in [7, 11) is 1.59. The molecule has 0 bridgehead atoms. The maximum Gasteiger partial charge on any atom is 0.319 e. The first-order valence-electron chi connectivity index (χ1n) is 15.8. The van der Waals surface area contributed by atoms with Crippen molar-refractivity contribution >= 4 is 28.5 Å². The molecule has 3 aliphatic rings. The molecule has 3 saturated heterocycles. The summed E-state index contributed by atoms with van der Waals surface area (Å²) < 4.78 is 28.6. The molecule has 2 N–H and O–H groups in total. The van der Waals surface area contributed by atoms with Crippen molar-refractivity contribution in [3.05, 3.63) is 48.2 Å². The zero-order valence-electron chi connectivity index (χ0n) is 26.1. The number of fused-ring (bicyclic) bond motifs is 1. The Morgan fingerprint density at radius 3 is 2.56 bits per heavy atom. The molecule has 45 heavy (non-hydrogen) atoms. The zero-order valence-corrected chi connectivity index (χ0v) is 26.1. The van der Waals surface area contributed by atoms with Gasteiger partial charge in [-0.25, -0.2) is 4.79 Å². The lowest BCUT2D eigenvalue weighted by Gasteiger charge is -2.47. The summed E-state index contributed by atoms with van der Waals surface area (Å²) in [6.45, 7) is 7.51. The van der Waals surface area contributed by atoms with Gasteiger partial charge in [-0.2, -0.15) is 0 Å². The average molecular weight is 619 g/mol. The van der Waals surface area contributed by atoms with Crippen molar-refractivity contribution in [3.8, 4) is 23.0 Å². The molecule has 0 aliphatic carbocycles. The zero-order chi connectivity index (χ0) is 31.2. The smallest absolute Gasteiger partial charge is 0.319 e. The predicted octanol–water partition coefficient (Wildman–Crippen LogP) is 5.16. The van der Waals surface area contributed by atoms with Crippen molar-refractivity contribution in [2.24, 2.45) is 11.3 Å². The van der Waals surface area contributed by atoms with E-state index >= 15 is 0 Å². The number of ether oxygens (including phenoxy) is 5. The van der Waals surface area contributed by atoms with E-state index < -0.39 is 0 Å². The largest absolute Gasteiger partial charge is 0.493 e. The number of anilines is 1. The van der Waals surface area contributed by atoms with Gasteiger partial charge in [0.1, 0.15) is 11.5 Å². The van der Waals surface area contributed by atoms with Crippen LogP contribution in [0.5, 0.6) is 23.0 Å². The highest BCUT2D eigenvalue weighted by Gasteiger charge is 2.41. The van der Waals surface area contributed by atoms with Crippen LogP contribution in [-0.4, -0.2) is 81.6 Å². The molecule has 4 heterocycles. The van der Waals surface area contributed by atoms with Crippen LogP contribution < -0.4 is 24.8 Å². The van der Waals surface area contributed by atoms with E-state index in [1.165, 1.54) is 0 Å². The van der Waals surface area contributed by atoms with Crippen LogP contribution in [0.4, 0.5) is 10.5 Å². The number of amides is 3. The number of aryl methyl sites for hydroxylation is 1. The fourth-order valence-corrected chi connectivity index (χ4v) is 5.97. The van der Waals surface area contributed by atoms with Gasteiger partial charge in [-0.3, -0.25) is 9.78 Å². The number of hydrogen-bond acceptors (Lipinski definition) is 8. The predicted molar refractivity (Wildman–Crippen MR) is 169 cm³/mol. The van der Waals surface area contributed by atoms with E-state index in [-0.39, 0.29) is 18.5 Å². The Balaban J connectivity index is 1.10. The van der Waals surface area contributed by atoms with Crippen LogP contribution in [-0.2, 0) is 20.7 Å². The van der Waals surface area contributed by atoms with E-state index in [1.54, 1.807) is 13.3 Å². The van der Waals surface area contributed by atoms with E-state index in [2.05, 4.69) is 22.5 Å². The molecule has 3 amide bonds. The highest BCUT2D eigenvalue weighted by molar-refractivity contribution is 5.90. The maximum atomic E-state index is 12.8. The SMILES string of the molecule is CCCc1cc(Oc2ccnc3cc(OCCC(=O)N4CCC5(CC4)COC5)c(OC)cc23)ccc1NC(=O)NCC1COC1. The van der Waals surface area contributed by atoms with Crippen molar-refractivity contribution < 1.29 is 33.3 Å². The minimum Gasteiger partial charge on any atom is -0.493 e. The van der Waals surface area contributed by atoms with Crippen molar-refractivity contribution in [3.63, 3.8) is 0 Å². The molecular formula is C34H42N4O7. The van der Waals surface area contributed by atoms with Gasteiger partial charge in [0.15, 0.2) is 11.5 Å². The molecule has 6 rings (SSSR count). The lowest BCUT2D eigenvalue weighted by Crippen LogP contribution is -2.52. The van der Waals surface area contributed by atoms with E-state index in [1.807, 2.05) is 41.3 Å². The summed E-state index contributed by atoms with van der Waals surface area (Å²) in [5.74, 6) is 2.80. The quantitative estimate of drug-likeness (QED) is 0.286. The van der Waals surface area contributed by atoms with Crippen LogP contribution in [0.2, 0.25) is 0 Å². The monoisotopic (exact) mass is 618 g/mol. The molecule has 0 atom stereocenters. The Morgan fingerprint density at radius 1 is 1.04 bits per heavy atom. The fraction of sp³-hybridized carbons (Fsp3) is 0.500. The van der Waals surface area contributed by atoms with Crippen molar-refractivity contribution in [2.75, 3.05) is 65.1 Å². The topological polar surface area (TPSA) is 120 Å². The Labute approximate surface area is 263 Å².